The number of amides is 1. The molecule has 0 unspecified atom stereocenters. The molecule has 0 saturated carbocycles. The smallest absolute Gasteiger partial charge is 0.269 e. The molecule has 0 radical (unpaired) electrons. The Bertz CT molecular complexity index is 656. The largest absolute Gasteiger partial charge is 0.311 e. The number of benzene rings is 2. The van der Waals surface area contributed by atoms with Gasteiger partial charge in [-0.05, 0) is 46.9 Å². The van der Waals surface area contributed by atoms with Crippen LogP contribution in [-0.4, -0.2) is 17.9 Å². The molecule has 0 atom stereocenters. The average molecular weight is 382 g/mol. The zero-order chi connectivity index (χ0) is 14.7. The Labute approximate surface area is 129 Å². The fourth-order valence-electron chi connectivity index (χ4n) is 1.73. The number of halogens is 1. The molecular formula is C14H11IN2O3. The first kappa shape index (κ1) is 14.4. The first-order chi connectivity index (χ1) is 9.50. The number of nitro groups is 1. The fraction of sp³-hybridized carbons (Fsp3) is 0.0714. The third-order valence-electron chi connectivity index (χ3n) is 2.86. The van der Waals surface area contributed by atoms with E-state index in [1.807, 2.05) is 12.1 Å². The first-order valence-electron chi connectivity index (χ1n) is 5.78. The molecule has 0 aliphatic heterocycles. The quantitative estimate of drug-likeness (QED) is 0.464. The Kier molecular flexibility index (Phi) is 4.33. The summed E-state index contributed by atoms with van der Waals surface area (Å²) in [5.74, 6) is -0.149. The van der Waals surface area contributed by atoms with Crippen molar-refractivity contribution in [2.24, 2.45) is 0 Å². The molecule has 0 fully saturated rings. The molecule has 0 bridgehead atoms. The van der Waals surface area contributed by atoms with Gasteiger partial charge in [0.25, 0.3) is 11.6 Å². The number of rotatable bonds is 3. The molecule has 0 heterocycles. The van der Waals surface area contributed by atoms with Crippen LogP contribution in [0.4, 0.5) is 11.4 Å². The second-order valence-corrected chi connectivity index (χ2v) is 5.28. The molecule has 102 valence electrons. The molecule has 0 spiro atoms. The topological polar surface area (TPSA) is 63.5 Å². The van der Waals surface area contributed by atoms with E-state index in [1.165, 1.54) is 17.0 Å². The van der Waals surface area contributed by atoms with Crippen LogP contribution >= 0.6 is 22.6 Å². The normalized spacial score (nSPS) is 10.1. The Morgan fingerprint density at radius 3 is 2.30 bits per heavy atom. The van der Waals surface area contributed by atoms with Crippen LogP contribution in [0, 0.1) is 13.7 Å². The first-order valence-corrected chi connectivity index (χ1v) is 6.85. The second-order valence-electron chi connectivity index (χ2n) is 4.12. The lowest BCUT2D eigenvalue weighted by atomic mass is 10.2. The van der Waals surface area contributed by atoms with Gasteiger partial charge < -0.3 is 4.90 Å². The number of non-ortho nitro benzene ring substituents is 1. The lowest BCUT2D eigenvalue weighted by molar-refractivity contribution is -0.384. The van der Waals surface area contributed by atoms with Gasteiger partial charge in [0.2, 0.25) is 0 Å². The van der Waals surface area contributed by atoms with Gasteiger partial charge in [-0.15, -0.1) is 0 Å². The van der Waals surface area contributed by atoms with E-state index in [4.69, 9.17) is 0 Å². The number of nitrogens with zero attached hydrogens (tertiary/aromatic N) is 2. The molecule has 0 aromatic heterocycles. The maximum absolute atomic E-state index is 12.4. The molecule has 2 aromatic rings. The molecular weight excluding hydrogens is 371 g/mol. The van der Waals surface area contributed by atoms with Gasteiger partial charge in [0.05, 0.1) is 10.5 Å². The van der Waals surface area contributed by atoms with Crippen LogP contribution in [0.3, 0.4) is 0 Å². The van der Waals surface area contributed by atoms with Crippen LogP contribution < -0.4 is 4.90 Å². The summed E-state index contributed by atoms with van der Waals surface area (Å²) in [6.07, 6.45) is 0. The highest BCUT2D eigenvalue weighted by molar-refractivity contribution is 14.1. The van der Waals surface area contributed by atoms with Gasteiger partial charge in [-0.1, -0.05) is 12.1 Å². The molecule has 2 rings (SSSR count). The van der Waals surface area contributed by atoms with Crippen molar-refractivity contribution >= 4 is 39.9 Å². The number of hydrogen-bond donors (Lipinski definition) is 0. The van der Waals surface area contributed by atoms with Gasteiger partial charge in [-0.2, -0.15) is 0 Å². The van der Waals surface area contributed by atoms with Gasteiger partial charge >= 0.3 is 0 Å². The summed E-state index contributed by atoms with van der Waals surface area (Å²) < 4.78 is 0.865. The summed E-state index contributed by atoms with van der Waals surface area (Å²) in [4.78, 5) is 24.0. The highest BCUT2D eigenvalue weighted by Crippen LogP contribution is 2.21. The predicted octanol–water partition coefficient (Wildman–Crippen LogP) is 3.48. The zero-order valence-electron chi connectivity index (χ0n) is 10.6. The van der Waals surface area contributed by atoms with Crippen molar-refractivity contribution in [3.05, 3.63) is 67.8 Å². The van der Waals surface area contributed by atoms with E-state index in [2.05, 4.69) is 22.6 Å². The summed E-state index contributed by atoms with van der Waals surface area (Å²) >= 11 is 2.11. The van der Waals surface area contributed by atoms with Crippen molar-refractivity contribution in [1.29, 1.82) is 0 Å². The molecule has 20 heavy (non-hydrogen) atoms. The van der Waals surface area contributed by atoms with E-state index in [0.717, 1.165) is 3.57 Å². The summed E-state index contributed by atoms with van der Waals surface area (Å²) in [6.45, 7) is 0. The molecule has 0 N–H and O–H groups in total. The average Bonchev–Trinajstić information content (AvgIpc) is 2.46. The minimum Gasteiger partial charge on any atom is -0.311 e. The van der Waals surface area contributed by atoms with Gasteiger partial charge in [-0.3, -0.25) is 14.9 Å². The second kappa shape index (κ2) is 6.00. The van der Waals surface area contributed by atoms with E-state index in [-0.39, 0.29) is 11.6 Å². The Hall–Kier alpha value is -1.96. The van der Waals surface area contributed by atoms with Gasteiger partial charge in [-0.25, -0.2) is 0 Å². The Morgan fingerprint density at radius 2 is 1.75 bits per heavy atom. The highest BCUT2D eigenvalue weighted by atomic mass is 127. The monoisotopic (exact) mass is 382 g/mol. The zero-order valence-corrected chi connectivity index (χ0v) is 12.8. The maximum Gasteiger partial charge on any atom is 0.269 e. The maximum atomic E-state index is 12.4. The lowest BCUT2D eigenvalue weighted by Gasteiger charge is -2.17. The highest BCUT2D eigenvalue weighted by Gasteiger charge is 2.16. The third-order valence-corrected chi connectivity index (χ3v) is 3.80. The van der Waals surface area contributed by atoms with Crippen LogP contribution in [0.2, 0.25) is 0 Å². The Balaban J connectivity index is 2.27. The number of carbonyl (C=O) groups is 1. The van der Waals surface area contributed by atoms with Crippen molar-refractivity contribution in [2.45, 2.75) is 0 Å². The van der Waals surface area contributed by atoms with E-state index < -0.39 is 4.92 Å². The van der Waals surface area contributed by atoms with Crippen molar-refractivity contribution in [1.82, 2.24) is 0 Å². The molecule has 0 aliphatic rings. The van der Waals surface area contributed by atoms with Crippen LogP contribution in [0.1, 0.15) is 10.4 Å². The SMILES string of the molecule is CN(C(=O)c1ccccc1I)c1ccc([N+](=O)[O-])cc1. The molecule has 6 heteroatoms. The lowest BCUT2D eigenvalue weighted by Crippen LogP contribution is -2.26. The van der Waals surface area contributed by atoms with E-state index in [1.54, 1.807) is 31.3 Å². The molecule has 5 nitrogen and oxygen atoms in total. The van der Waals surface area contributed by atoms with Gasteiger partial charge in [0.15, 0.2) is 0 Å². The van der Waals surface area contributed by atoms with E-state index in [9.17, 15) is 14.9 Å². The van der Waals surface area contributed by atoms with Crippen LogP contribution in [0.25, 0.3) is 0 Å². The standard InChI is InChI=1S/C14H11IN2O3/c1-16(10-6-8-11(9-7-10)17(19)20)14(18)12-4-2-3-5-13(12)15/h2-9H,1H3. The summed E-state index contributed by atoms with van der Waals surface area (Å²) in [5.41, 5.74) is 1.22. The van der Waals surface area contributed by atoms with E-state index in [0.29, 0.717) is 11.3 Å². The van der Waals surface area contributed by atoms with Crippen LogP contribution in [0.15, 0.2) is 48.5 Å². The van der Waals surface area contributed by atoms with Crippen LogP contribution in [0.5, 0.6) is 0 Å². The molecule has 1 amide bonds. The number of carbonyl (C=O) groups excluding carboxylic acids is 1. The number of anilines is 1. The fourth-order valence-corrected chi connectivity index (χ4v) is 2.35. The Morgan fingerprint density at radius 1 is 1.15 bits per heavy atom. The molecule has 0 aliphatic carbocycles. The van der Waals surface area contributed by atoms with E-state index >= 15 is 0 Å². The molecule has 0 saturated heterocycles. The summed E-state index contributed by atoms with van der Waals surface area (Å²) in [6, 6.07) is 13.2. The van der Waals surface area contributed by atoms with Gasteiger partial charge in [0.1, 0.15) is 0 Å². The minimum atomic E-state index is -0.467. The number of nitro benzene ring substituents is 1. The van der Waals surface area contributed by atoms with Crippen molar-refractivity contribution < 1.29 is 9.72 Å². The van der Waals surface area contributed by atoms with Gasteiger partial charge in [0, 0.05) is 28.4 Å². The van der Waals surface area contributed by atoms with Crippen LogP contribution in [-0.2, 0) is 0 Å². The minimum absolute atomic E-state index is 0.00360. The molecule has 2 aromatic carbocycles. The number of hydrogen-bond acceptors (Lipinski definition) is 3. The summed E-state index contributed by atoms with van der Waals surface area (Å²) in [5, 5.41) is 10.6. The van der Waals surface area contributed by atoms with Crippen molar-refractivity contribution in [2.75, 3.05) is 11.9 Å². The predicted molar refractivity (Wildman–Crippen MR) is 85.0 cm³/mol. The van der Waals surface area contributed by atoms with Crippen molar-refractivity contribution in [3.63, 3.8) is 0 Å². The third kappa shape index (κ3) is 2.96. The van der Waals surface area contributed by atoms with Crippen molar-refractivity contribution in [3.8, 4) is 0 Å². The summed E-state index contributed by atoms with van der Waals surface area (Å²) in [7, 11) is 1.65.